The lowest BCUT2D eigenvalue weighted by molar-refractivity contribution is -0.116. The Labute approximate surface area is 148 Å². The molecule has 25 heavy (non-hydrogen) atoms. The monoisotopic (exact) mass is 337 g/mol. The fourth-order valence-corrected chi connectivity index (χ4v) is 3.34. The van der Waals surface area contributed by atoms with Gasteiger partial charge in [0.1, 0.15) is 0 Å². The van der Waals surface area contributed by atoms with E-state index in [9.17, 15) is 4.79 Å². The maximum absolute atomic E-state index is 12.2. The second-order valence-electron chi connectivity index (χ2n) is 6.39. The first kappa shape index (κ1) is 17.3. The maximum Gasteiger partial charge on any atom is 0.244 e. The quantitative estimate of drug-likeness (QED) is 0.852. The SMILES string of the molecule is Cc1ccccc1C1(CNC(=O)C=Cc2cnccn2)CCOCC1. The third kappa shape index (κ3) is 4.31. The molecule has 2 aromatic rings. The van der Waals surface area contributed by atoms with Crippen LogP contribution < -0.4 is 5.32 Å². The highest BCUT2D eigenvalue weighted by Crippen LogP contribution is 2.36. The van der Waals surface area contributed by atoms with Crippen molar-refractivity contribution in [3.05, 3.63) is 65.8 Å². The van der Waals surface area contributed by atoms with E-state index in [4.69, 9.17) is 4.74 Å². The maximum atomic E-state index is 12.2. The summed E-state index contributed by atoms with van der Waals surface area (Å²) in [7, 11) is 0. The number of hydrogen-bond acceptors (Lipinski definition) is 4. The summed E-state index contributed by atoms with van der Waals surface area (Å²) < 4.78 is 5.56. The first-order chi connectivity index (χ1) is 12.2. The Kier molecular flexibility index (Phi) is 5.56. The summed E-state index contributed by atoms with van der Waals surface area (Å²) in [6.45, 7) is 4.17. The van der Waals surface area contributed by atoms with Gasteiger partial charge in [-0.3, -0.25) is 14.8 Å². The van der Waals surface area contributed by atoms with Gasteiger partial charge < -0.3 is 10.1 Å². The molecule has 1 aromatic carbocycles. The Morgan fingerprint density at radius 3 is 2.80 bits per heavy atom. The molecule has 0 bridgehead atoms. The van der Waals surface area contributed by atoms with E-state index in [-0.39, 0.29) is 11.3 Å². The van der Waals surface area contributed by atoms with E-state index in [2.05, 4.69) is 40.4 Å². The molecule has 5 heteroatoms. The lowest BCUT2D eigenvalue weighted by Crippen LogP contribution is -2.44. The van der Waals surface area contributed by atoms with E-state index in [1.807, 2.05) is 6.07 Å². The van der Waals surface area contributed by atoms with E-state index in [1.165, 1.54) is 17.2 Å². The van der Waals surface area contributed by atoms with Crippen molar-refractivity contribution in [1.29, 1.82) is 0 Å². The summed E-state index contributed by atoms with van der Waals surface area (Å²) >= 11 is 0. The normalized spacial score (nSPS) is 16.7. The van der Waals surface area contributed by atoms with Gasteiger partial charge in [0.25, 0.3) is 0 Å². The highest BCUT2D eigenvalue weighted by molar-refractivity contribution is 5.91. The molecule has 1 aliphatic rings. The third-order valence-electron chi connectivity index (χ3n) is 4.76. The number of nitrogens with zero attached hydrogens (tertiary/aromatic N) is 2. The molecule has 1 fully saturated rings. The molecule has 0 aliphatic carbocycles. The summed E-state index contributed by atoms with van der Waals surface area (Å²) in [4.78, 5) is 20.4. The van der Waals surface area contributed by atoms with Crippen molar-refractivity contribution in [3.8, 4) is 0 Å². The molecule has 1 aromatic heterocycles. The Balaban J connectivity index is 1.70. The van der Waals surface area contributed by atoms with Gasteiger partial charge in [-0.15, -0.1) is 0 Å². The molecule has 1 aliphatic heterocycles. The van der Waals surface area contributed by atoms with Crippen molar-refractivity contribution in [2.75, 3.05) is 19.8 Å². The predicted molar refractivity (Wildman–Crippen MR) is 97.0 cm³/mol. The van der Waals surface area contributed by atoms with Gasteiger partial charge in [0.15, 0.2) is 0 Å². The van der Waals surface area contributed by atoms with Crippen LogP contribution in [-0.2, 0) is 14.9 Å². The van der Waals surface area contributed by atoms with Crippen LogP contribution in [0.25, 0.3) is 6.08 Å². The molecule has 0 saturated carbocycles. The number of aryl methyl sites for hydroxylation is 1. The molecule has 0 spiro atoms. The molecule has 3 rings (SSSR count). The van der Waals surface area contributed by atoms with Crippen LogP contribution in [0.15, 0.2) is 48.9 Å². The number of rotatable bonds is 5. The van der Waals surface area contributed by atoms with E-state index in [0.29, 0.717) is 12.2 Å². The Bertz CT molecular complexity index is 738. The van der Waals surface area contributed by atoms with Crippen molar-refractivity contribution >= 4 is 12.0 Å². The second-order valence-corrected chi connectivity index (χ2v) is 6.39. The summed E-state index contributed by atoms with van der Waals surface area (Å²) in [5.74, 6) is -0.120. The van der Waals surface area contributed by atoms with Crippen LogP contribution in [0.3, 0.4) is 0 Å². The average molecular weight is 337 g/mol. The summed E-state index contributed by atoms with van der Waals surface area (Å²) in [5.41, 5.74) is 3.15. The average Bonchev–Trinajstić information content (AvgIpc) is 2.67. The highest BCUT2D eigenvalue weighted by Gasteiger charge is 2.35. The van der Waals surface area contributed by atoms with E-state index >= 15 is 0 Å². The van der Waals surface area contributed by atoms with Crippen LogP contribution in [0, 0.1) is 6.92 Å². The van der Waals surface area contributed by atoms with E-state index in [0.717, 1.165) is 26.1 Å². The predicted octanol–water partition coefficient (Wildman–Crippen LogP) is 2.66. The zero-order valence-corrected chi connectivity index (χ0v) is 14.4. The standard InChI is InChI=1S/C20H23N3O2/c1-16-4-2-3-5-18(16)20(8-12-25-13-9-20)15-23-19(24)7-6-17-14-21-10-11-22-17/h2-7,10-11,14H,8-9,12-13,15H2,1H3,(H,23,24). The number of amides is 1. The number of aromatic nitrogens is 2. The molecule has 5 nitrogen and oxygen atoms in total. The number of ether oxygens (including phenoxy) is 1. The van der Waals surface area contributed by atoms with Gasteiger partial charge in [0.2, 0.25) is 5.91 Å². The van der Waals surface area contributed by atoms with Gasteiger partial charge >= 0.3 is 0 Å². The van der Waals surface area contributed by atoms with Gasteiger partial charge in [-0.25, -0.2) is 0 Å². The summed E-state index contributed by atoms with van der Waals surface area (Å²) in [6.07, 6.45) is 9.83. The molecular weight excluding hydrogens is 314 g/mol. The van der Waals surface area contributed by atoms with Crippen molar-refractivity contribution < 1.29 is 9.53 Å². The largest absolute Gasteiger partial charge is 0.381 e. The van der Waals surface area contributed by atoms with Crippen LogP contribution in [0.1, 0.15) is 29.7 Å². The zero-order chi connectivity index (χ0) is 17.5. The highest BCUT2D eigenvalue weighted by atomic mass is 16.5. The minimum Gasteiger partial charge on any atom is -0.381 e. The minimum atomic E-state index is -0.120. The van der Waals surface area contributed by atoms with Crippen LogP contribution in [-0.4, -0.2) is 35.6 Å². The smallest absolute Gasteiger partial charge is 0.244 e. The van der Waals surface area contributed by atoms with Crippen LogP contribution in [0.2, 0.25) is 0 Å². The number of nitrogens with one attached hydrogen (secondary N) is 1. The Hall–Kier alpha value is -2.53. The van der Waals surface area contributed by atoms with Gasteiger partial charge in [-0.2, -0.15) is 0 Å². The molecule has 0 unspecified atom stereocenters. The van der Waals surface area contributed by atoms with Crippen LogP contribution in [0.5, 0.6) is 0 Å². The van der Waals surface area contributed by atoms with Crippen molar-refractivity contribution in [2.24, 2.45) is 0 Å². The molecule has 1 amide bonds. The fourth-order valence-electron chi connectivity index (χ4n) is 3.34. The Morgan fingerprint density at radius 1 is 1.28 bits per heavy atom. The third-order valence-corrected chi connectivity index (χ3v) is 4.76. The van der Waals surface area contributed by atoms with E-state index in [1.54, 1.807) is 24.7 Å². The molecule has 2 heterocycles. The first-order valence-corrected chi connectivity index (χ1v) is 8.55. The first-order valence-electron chi connectivity index (χ1n) is 8.55. The Morgan fingerprint density at radius 2 is 2.08 bits per heavy atom. The molecule has 0 atom stereocenters. The second kappa shape index (κ2) is 8.03. The van der Waals surface area contributed by atoms with Crippen LogP contribution >= 0.6 is 0 Å². The lowest BCUT2D eigenvalue weighted by Gasteiger charge is -2.38. The zero-order valence-electron chi connectivity index (χ0n) is 14.4. The molecule has 1 saturated heterocycles. The van der Waals surface area contributed by atoms with Gasteiger partial charge in [0.05, 0.1) is 11.9 Å². The van der Waals surface area contributed by atoms with Gasteiger partial charge in [0, 0.05) is 43.6 Å². The number of hydrogen-bond donors (Lipinski definition) is 1. The van der Waals surface area contributed by atoms with Crippen molar-refractivity contribution in [2.45, 2.75) is 25.2 Å². The summed E-state index contributed by atoms with van der Waals surface area (Å²) in [6, 6.07) is 8.41. The van der Waals surface area contributed by atoms with Crippen molar-refractivity contribution in [1.82, 2.24) is 15.3 Å². The lowest BCUT2D eigenvalue weighted by atomic mass is 9.72. The molecule has 0 radical (unpaired) electrons. The molecule has 130 valence electrons. The topological polar surface area (TPSA) is 64.1 Å². The summed E-state index contributed by atoms with van der Waals surface area (Å²) in [5, 5.41) is 3.06. The number of benzene rings is 1. The minimum absolute atomic E-state index is 0.0698. The van der Waals surface area contributed by atoms with Crippen molar-refractivity contribution in [3.63, 3.8) is 0 Å². The van der Waals surface area contributed by atoms with Crippen LogP contribution in [0.4, 0.5) is 0 Å². The number of carbonyl (C=O) groups is 1. The van der Waals surface area contributed by atoms with E-state index < -0.39 is 0 Å². The van der Waals surface area contributed by atoms with Gasteiger partial charge in [-0.1, -0.05) is 24.3 Å². The molecular formula is C20H23N3O2. The van der Waals surface area contributed by atoms with Gasteiger partial charge in [-0.05, 0) is 37.0 Å². The molecule has 1 N–H and O–H groups in total. The fraction of sp³-hybridized carbons (Fsp3) is 0.350. The number of carbonyl (C=O) groups excluding carboxylic acids is 1.